The van der Waals surface area contributed by atoms with Gasteiger partial charge in [-0.15, -0.1) is 0 Å². The molecule has 28 heavy (non-hydrogen) atoms. The maximum atomic E-state index is 13.1. The van der Waals surface area contributed by atoms with E-state index < -0.39 is 11.7 Å². The molecule has 4 aromatic rings. The monoisotopic (exact) mass is 380 g/mol. The second kappa shape index (κ2) is 6.42. The van der Waals surface area contributed by atoms with Crippen LogP contribution in [0.25, 0.3) is 28.4 Å². The summed E-state index contributed by atoms with van der Waals surface area (Å²) in [5.74, 6) is 0.303. The van der Waals surface area contributed by atoms with Gasteiger partial charge in [0.1, 0.15) is 17.3 Å². The first-order valence-corrected chi connectivity index (χ1v) is 8.12. The number of hydrogen-bond donors (Lipinski definition) is 0. The van der Waals surface area contributed by atoms with E-state index in [1.165, 1.54) is 6.20 Å². The van der Waals surface area contributed by atoms with E-state index in [0.29, 0.717) is 22.8 Å². The Bertz CT molecular complexity index is 1200. The lowest BCUT2D eigenvalue weighted by molar-refractivity contribution is -0.137. The van der Waals surface area contributed by atoms with Gasteiger partial charge in [-0.25, -0.2) is 9.97 Å². The molecule has 0 unspecified atom stereocenters. The van der Waals surface area contributed by atoms with Crippen molar-refractivity contribution < 1.29 is 13.2 Å². The van der Waals surface area contributed by atoms with E-state index in [1.54, 1.807) is 35.0 Å². The Morgan fingerprint density at radius 2 is 1.82 bits per heavy atom. The summed E-state index contributed by atoms with van der Waals surface area (Å²) >= 11 is 0. The molecule has 0 amide bonds. The predicted molar refractivity (Wildman–Crippen MR) is 94.3 cm³/mol. The van der Waals surface area contributed by atoms with Crippen LogP contribution in [0.5, 0.6) is 0 Å². The Kier molecular flexibility index (Phi) is 4.04. The number of aryl methyl sites for hydroxylation is 1. The van der Waals surface area contributed by atoms with E-state index >= 15 is 0 Å². The van der Waals surface area contributed by atoms with Crippen LogP contribution in [0.2, 0.25) is 0 Å². The van der Waals surface area contributed by atoms with Crippen LogP contribution in [0.15, 0.2) is 48.9 Å². The Morgan fingerprint density at radius 3 is 2.43 bits per heavy atom. The van der Waals surface area contributed by atoms with E-state index in [9.17, 15) is 13.2 Å². The molecule has 0 saturated heterocycles. The molecule has 0 N–H and O–H groups in total. The standard InChI is InChI=1S/C19H11F3N6/c1-11-2-4-14(10-24-11)28-17-16(6-13(9-26-17)19(20,21)22)27-18(28)15-5-3-12(7-23)8-25-15/h2-6,8-10H,1H3. The molecule has 0 atom stereocenters. The van der Waals surface area contributed by atoms with Crippen molar-refractivity contribution in [1.29, 1.82) is 5.26 Å². The van der Waals surface area contributed by atoms with Gasteiger partial charge in [-0.05, 0) is 37.3 Å². The van der Waals surface area contributed by atoms with Gasteiger partial charge in [0.15, 0.2) is 11.5 Å². The highest BCUT2D eigenvalue weighted by Crippen LogP contribution is 2.32. The third-order valence-corrected chi connectivity index (χ3v) is 4.10. The highest BCUT2D eigenvalue weighted by atomic mass is 19.4. The molecular formula is C19H11F3N6. The van der Waals surface area contributed by atoms with Gasteiger partial charge in [0.25, 0.3) is 0 Å². The summed E-state index contributed by atoms with van der Waals surface area (Å²) in [4.78, 5) is 16.8. The van der Waals surface area contributed by atoms with Gasteiger partial charge in [0, 0.05) is 18.1 Å². The normalized spacial score (nSPS) is 11.5. The summed E-state index contributed by atoms with van der Waals surface area (Å²) in [5, 5.41) is 8.94. The lowest BCUT2D eigenvalue weighted by Crippen LogP contribution is -2.06. The van der Waals surface area contributed by atoms with E-state index in [-0.39, 0.29) is 11.2 Å². The molecule has 4 aromatic heterocycles. The van der Waals surface area contributed by atoms with Crippen molar-refractivity contribution >= 4 is 11.2 Å². The Labute approximate surface area is 157 Å². The molecule has 4 rings (SSSR count). The van der Waals surface area contributed by atoms with Crippen molar-refractivity contribution in [3.63, 3.8) is 0 Å². The number of fused-ring (bicyclic) bond motifs is 1. The summed E-state index contributed by atoms with van der Waals surface area (Å²) in [6.45, 7) is 1.83. The minimum absolute atomic E-state index is 0.0801. The largest absolute Gasteiger partial charge is 0.417 e. The van der Waals surface area contributed by atoms with Gasteiger partial charge in [-0.3, -0.25) is 14.5 Å². The summed E-state index contributed by atoms with van der Waals surface area (Å²) in [6, 6.07) is 9.63. The fourth-order valence-electron chi connectivity index (χ4n) is 2.72. The van der Waals surface area contributed by atoms with Gasteiger partial charge in [-0.2, -0.15) is 18.4 Å². The number of aromatic nitrogens is 5. The zero-order chi connectivity index (χ0) is 19.9. The number of pyridine rings is 3. The van der Waals surface area contributed by atoms with Crippen molar-refractivity contribution in [3.05, 3.63) is 65.7 Å². The van der Waals surface area contributed by atoms with Crippen molar-refractivity contribution in [2.24, 2.45) is 0 Å². The van der Waals surface area contributed by atoms with E-state index in [2.05, 4.69) is 19.9 Å². The number of hydrogen-bond acceptors (Lipinski definition) is 5. The SMILES string of the molecule is Cc1ccc(-n2c(-c3ccc(C#N)cn3)nc3cc(C(F)(F)F)cnc32)cn1. The fraction of sp³-hybridized carbons (Fsp3) is 0.105. The third kappa shape index (κ3) is 3.05. The van der Waals surface area contributed by atoms with Crippen molar-refractivity contribution in [2.45, 2.75) is 13.1 Å². The molecule has 0 saturated carbocycles. The molecule has 0 aromatic carbocycles. The highest BCUT2D eigenvalue weighted by molar-refractivity contribution is 5.79. The van der Waals surface area contributed by atoms with Crippen LogP contribution in [0.3, 0.4) is 0 Å². The van der Waals surface area contributed by atoms with E-state index in [0.717, 1.165) is 18.0 Å². The second-order valence-electron chi connectivity index (χ2n) is 6.04. The summed E-state index contributed by atoms with van der Waals surface area (Å²) < 4.78 is 40.8. The van der Waals surface area contributed by atoms with Crippen molar-refractivity contribution in [3.8, 4) is 23.3 Å². The van der Waals surface area contributed by atoms with Gasteiger partial charge in [0.2, 0.25) is 0 Å². The van der Waals surface area contributed by atoms with Gasteiger partial charge >= 0.3 is 6.18 Å². The molecule has 0 spiro atoms. The van der Waals surface area contributed by atoms with Crippen LogP contribution in [0, 0.1) is 18.3 Å². The summed E-state index contributed by atoms with van der Waals surface area (Å²) in [7, 11) is 0. The first-order valence-electron chi connectivity index (χ1n) is 8.12. The molecule has 0 fully saturated rings. The molecule has 0 bridgehead atoms. The number of halogens is 3. The molecule has 0 aliphatic heterocycles. The predicted octanol–water partition coefficient (Wildman–Crippen LogP) is 4.08. The van der Waals surface area contributed by atoms with Crippen LogP contribution in [-0.2, 0) is 6.18 Å². The van der Waals surface area contributed by atoms with E-state index in [1.807, 2.05) is 13.0 Å². The van der Waals surface area contributed by atoms with Crippen molar-refractivity contribution in [2.75, 3.05) is 0 Å². The Morgan fingerprint density at radius 1 is 1.00 bits per heavy atom. The quantitative estimate of drug-likeness (QED) is 0.524. The summed E-state index contributed by atoms with van der Waals surface area (Å²) in [6.07, 6.45) is -0.786. The topological polar surface area (TPSA) is 80.3 Å². The maximum absolute atomic E-state index is 13.1. The van der Waals surface area contributed by atoms with Crippen molar-refractivity contribution in [1.82, 2.24) is 24.5 Å². The second-order valence-corrected chi connectivity index (χ2v) is 6.04. The number of nitriles is 1. The highest BCUT2D eigenvalue weighted by Gasteiger charge is 2.32. The van der Waals surface area contributed by atoms with Crippen LogP contribution in [0.1, 0.15) is 16.8 Å². The number of alkyl halides is 3. The maximum Gasteiger partial charge on any atom is 0.417 e. The molecule has 4 heterocycles. The van der Waals surface area contributed by atoms with Gasteiger partial charge in [-0.1, -0.05) is 0 Å². The molecule has 6 nitrogen and oxygen atoms in total. The average molecular weight is 380 g/mol. The van der Waals surface area contributed by atoms with Crippen LogP contribution < -0.4 is 0 Å². The molecule has 0 radical (unpaired) electrons. The van der Waals surface area contributed by atoms with E-state index in [4.69, 9.17) is 5.26 Å². The number of imidazole rings is 1. The minimum Gasteiger partial charge on any atom is -0.274 e. The molecule has 138 valence electrons. The first-order chi connectivity index (χ1) is 13.4. The fourth-order valence-corrected chi connectivity index (χ4v) is 2.72. The average Bonchev–Trinajstić information content (AvgIpc) is 3.07. The Balaban J connectivity index is 1.99. The van der Waals surface area contributed by atoms with Gasteiger partial charge in [0.05, 0.1) is 23.0 Å². The molecule has 9 heteroatoms. The Hall–Kier alpha value is -3.80. The van der Waals surface area contributed by atoms with Crippen LogP contribution in [0.4, 0.5) is 13.2 Å². The van der Waals surface area contributed by atoms with Crippen LogP contribution >= 0.6 is 0 Å². The zero-order valence-electron chi connectivity index (χ0n) is 14.4. The molecular weight excluding hydrogens is 369 g/mol. The number of nitrogens with zero attached hydrogens (tertiary/aromatic N) is 6. The first kappa shape index (κ1) is 17.6. The van der Waals surface area contributed by atoms with Gasteiger partial charge < -0.3 is 0 Å². The number of rotatable bonds is 2. The summed E-state index contributed by atoms with van der Waals surface area (Å²) in [5.41, 5.74) is 1.58. The minimum atomic E-state index is -4.52. The lowest BCUT2D eigenvalue weighted by Gasteiger charge is -2.09. The molecule has 0 aliphatic carbocycles. The third-order valence-electron chi connectivity index (χ3n) is 4.10. The molecule has 0 aliphatic rings. The smallest absolute Gasteiger partial charge is 0.274 e. The zero-order valence-corrected chi connectivity index (χ0v) is 14.4. The lowest BCUT2D eigenvalue weighted by atomic mass is 10.2. The van der Waals surface area contributed by atoms with Crippen LogP contribution in [-0.4, -0.2) is 24.5 Å².